The van der Waals surface area contributed by atoms with Crippen molar-refractivity contribution in [1.29, 1.82) is 0 Å². The summed E-state index contributed by atoms with van der Waals surface area (Å²) in [6.07, 6.45) is 0.811. The van der Waals surface area contributed by atoms with Crippen LogP contribution in [-0.2, 0) is 11.2 Å². The topological polar surface area (TPSA) is 52.3 Å². The minimum Gasteiger partial charge on any atom is -0.462 e. The van der Waals surface area contributed by atoms with Crippen molar-refractivity contribution in [3.8, 4) is 11.1 Å². The van der Waals surface area contributed by atoms with Crippen LogP contribution in [-0.4, -0.2) is 12.6 Å². The van der Waals surface area contributed by atoms with E-state index in [9.17, 15) is 4.79 Å². The Bertz CT molecular complexity index is 679. The van der Waals surface area contributed by atoms with Crippen LogP contribution in [0.2, 0.25) is 5.02 Å². The Labute approximate surface area is 133 Å². The van der Waals surface area contributed by atoms with Gasteiger partial charge in [-0.05, 0) is 43.5 Å². The number of benzene rings is 1. The third-order valence-corrected chi connectivity index (χ3v) is 4.84. The Morgan fingerprint density at radius 2 is 2.10 bits per heavy atom. The summed E-state index contributed by atoms with van der Waals surface area (Å²) in [5.74, 6) is -0.367. The van der Waals surface area contributed by atoms with Crippen molar-refractivity contribution in [3.63, 3.8) is 0 Å². The fraction of sp³-hybridized carbons (Fsp3) is 0.312. The van der Waals surface area contributed by atoms with Gasteiger partial charge in [-0.2, -0.15) is 0 Å². The van der Waals surface area contributed by atoms with Gasteiger partial charge in [0, 0.05) is 15.5 Å². The molecule has 1 aromatic carbocycles. The maximum atomic E-state index is 12.2. The fourth-order valence-electron chi connectivity index (χ4n) is 2.26. The van der Waals surface area contributed by atoms with E-state index in [0.717, 1.165) is 28.0 Å². The first-order valence-electron chi connectivity index (χ1n) is 6.84. The van der Waals surface area contributed by atoms with Crippen LogP contribution in [0.15, 0.2) is 18.2 Å². The molecule has 112 valence electrons. The molecule has 0 aliphatic heterocycles. The van der Waals surface area contributed by atoms with Crippen LogP contribution >= 0.6 is 22.9 Å². The van der Waals surface area contributed by atoms with Crippen molar-refractivity contribution in [2.75, 3.05) is 12.3 Å². The zero-order valence-corrected chi connectivity index (χ0v) is 13.9. The van der Waals surface area contributed by atoms with Gasteiger partial charge in [0.15, 0.2) is 0 Å². The van der Waals surface area contributed by atoms with Crippen molar-refractivity contribution in [2.45, 2.75) is 27.2 Å². The standard InChI is InChI=1S/C16H18ClNO2S/c1-4-12-13(10-6-7-11(17)9(3)8-10)14(15(18)21-12)16(19)20-5-2/h6-8H,4-5,18H2,1-3H3. The number of hydrogen-bond donors (Lipinski definition) is 1. The van der Waals surface area contributed by atoms with Crippen LogP contribution in [0.1, 0.15) is 34.6 Å². The highest BCUT2D eigenvalue weighted by atomic mass is 35.5. The van der Waals surface area contributed by atoms with Gasteiger partial charge in [0.05, 0.1) is 6.61 Å². The number of aryl methyl sites for hydroxylation is 2. The molecule has 0 aliphatic carbocycles. The molecular weight excluding hydrogens is 306 g/mol. The molecule has 2 N–H and O–H groups in total. The summed E-state index contributed by atoms with van der Waals surface area (Å²) in [5.41, 5.74) is 9.31. The van der Waals surface area contributed by atoms with Crippen molar-refractivity contribution in [3.05, 3.63) is 39.2 Å². The van der Waals surface area contributed by atoms with Gasteiger partial charge in [-0.1, -0.05) is 24.6 Å². The summed E-state index contributed by atoms with van der Waals surface area (Å²) < 4.78 is 5.14. The summed E-state index contributed by atoms with van der Waals surface area (Å²) >= 11 is 7.53. The summed E-state index contributed by atoms with van der Waals surface area (Å²) in [6, 6.07) is 5.73. The highest BCUT2D eigenvalue weighted by Crippen LogP contribution is 2.40. The van der Waals surface area contributed by atoms with Gasteiger partial charge in [0.25, 0.3) is 0 Å². The number of anilines is 1. The lowest BCUT2D eigenvalue weighted by molar-refractivity contribution is 0.0529. The van der Waals surface area contributed by atoms with Crippen molar-refractivity contribution in [2.24, 2.45) is 0 Å². The van der Waals surface area contributed by atoms with Crippen molar-refractivity contribution < 1.29 is 9.53 Å². The molecule has 0 bridgehead atoms. The predicted octanol–water partition coefficient (Wildman–Crippen LogP) is 4.70. The molecule has 0 fully saturated rings. The third kappa shape index (κ3) is 3.06. The maximum absolute atomic E-state index is 12.2. The maximum Gasteiger partial charge on any atom is 0.341 e. The number of ether oxygens (including phenoxy) is 1. The number of esters is 1. The smallest absolute Gasteiger partial charge is 0.341 e. The van der Waals surface area contributed by atoms with Gasteiger partial charge in [0.2, 0.25) is 0 Å². The van der Waals surface area contributed by atoms with E-state index < -0.39 is 0 Å². The van der Waals surface area contributed by atoms with Crippen LogP contribution in [0.4, 0.5) is 5.00 Å². The summed E-state index contributed by atoms with van der Waals surface area (Å²) in [5, 5.41) is 1.21. The van der Waals surface area contributed by atoms with Gasteiger partial charge < -0.3 is 10.5 Å². The van der Waals surface area contributed by atoms with Crippen LogP contribution < -0.4 is 5.73 Å². The van der Waals surface area contributed by atoms with Crippen molar-refractivity contribution >= 4 is 33.9 Å². The summed E-state index contributed by atoms with van der Waals surface area (Å²) in [7, 11) is 0. The lowest BCUT2D eigenvalue weighted by atomic mass is 9.98. The summed E-state index contributed by atoms with van der Waals surface area (Å²) in [4.78, 5) is 13.3. The molecule has 0 saturated carbocycles. The largest absolute Gasteiger partial charge is 0.462 e. The number of nitrogens with two attached hydrogens (primary N) is 1. The molecule has 0 unspecified atom stereocenters. The second kappa shape index (κ2) is 6.50. The number of rotatable bonds is 4. The fourth-order valence-corrected chi connectivity index (χ4v) is 3.39. The Morgan fingerprint density at radius 1 is 1.38 bits per heavy atom. The SMILES string of the molecule is CCOC(=O)c1c(N)sc(CC)c1-c1ccc(Cl)c(C)c1. The Kier molecular flexibility index (Phi) is 4.91. The molecule has 1 aromatic heterocycles. The van der Waals surface area contributed by atoms with Crippen molar-refractivity contribution in [1.82, 2.24) is 0 Å². The zero-order chi connectivity index (χ0) is 15.6. The molecule has 0 spiro atoms. The predicted molar refractivity (Wildman–Crippen MR) is 89.2 cm³/mol. The second-order valence-corrected chi connectivity index (χ2v) is 6.22. The summed E-state index contributed by atoms with van der Waals surface area (Å²) in [6.45, 7) is 6.10. The molecule has 0 amide bonds. The minimum atomic E-state index is -0.367. The number of hydrogen-bond acceptors (Lipinski definition) is 4. The molecule has 0 saturated heterocycles. The third-order valence-electron chi connectivity index (χ3n) is 3.26. The number of thiophene rings is 1. The molecule has 1 heterocycles. The highest BCUT2D eigenvalue weighted by Gasteiger charge is 2.24. The first-order valence-corrected chi connectivity index (χ1v) is 8.03. The first kappa shape index (κ1) is 15.9. The van der Waals surface area contributed by atoms with E-state index in [-0.39, 0.29) is 5.97 Å². The molecular formula is C16H18ClNO2S. The number of nitrogen functional groups attached to an aromatic ring is 1. The highest BCUT2D eigenvalue weighted by molar-refractivity contribution is 7.17. The van der Waals surface area contributed by atoms with Gasteiger partial charge in [0.1, 0.15) is 10.6 Å². The molecule has 2 aromatic rings. The average molecular weight is 324 g/mol. The lowest BCUT2D eigenvalue weighted by Gasteiger charge is -2.09. The zero-order valence-electron chi connectivity index (χ0n) is 12.3. The average Bonchev–Trinajstić information content (AvgIpc) is 2.79. The van der Waals surface area contributed by atoms with E-state index in [1.54, 1.807) is 6.92 Å². The van der Waals surface area contributed by atoms with Gasteiger partial charge >= 0.3 is 5.97 Å². The van der Waals surface area contributed by atoms with Crippen LogP contribution in [0.3, 0.4) is 0 Å². The normalized spacial score (nSPS) is 10.7. The van der Waals surface area contributed by atoms with Crippen LogP contribution in [0, 0.1) is 6.92 Å². The molecule has 3 nitrogen and oxygen atoms in total. The first-order chi connectivity index (χ1) is 9.99. The van der Waals surface area contributed by atoms with E-state index in [1.807, 2.05) is 32.0 Å². The molecule has 5 heteroatoms. The Hall–Kier alpha value is -1.52. The van der Waals surface area contributed by atoms with Gasteiger partial charge in [-0.25, -0.2) is 4.79 Å². The van der Waals surface area contributed by atoms with E-state index >= 15 is 0 Å². The monoisotopic (exact) mass is 323 g/mol. The van der Waals surface area contributed by atoms with Gasteiger partial charge in [-0.15, -0.1) is 11.3 Å². The number of carbonyl (C=O) groups is 1. The number of halogens is 1. The van der Waals surface area contributed by atoms with E-state index in [1.165, 1.54) is 11.3 Å². The quantitative estimate of drug-likeness (QED) is 0.830. The minimum absolute atomic E-state index is 0.328. The van der Waals surface area contributed by atoms with Crippen LogP contribution in [0.25, 0.3) is 11.1 Å². The molecule has 0 aliphatic rings. The van der Waals surface area contributed by atoms with E-state index in [0.29, 0.717) is 22.2 Å². The van der Waals surface area contributed by atoms with E-state index in [2.05, 4.69) is 0 Å². The molecule has 21 heavy (non-hydrogen) atoms. The second-order valence-electron chi connectivity index (χ2n) is 4.68. The lowest BCUT2D eigenvalue weighted by Crippen LogP contribution is -2.07. The van der Waals surface area contributed by atoms with Gasteiger partial charge in [-0.3, -0.25) is 0 Å². The number of carbonyl (C=O) groups excluding carboxylic acids is 1. The molecule has 0 radical (unpaired) electrons. The Morgan fingerprint density at radius 3 is 2.67 bits per heavy atom. The molecule has 2 rings (SSSR count). The van der Waals surface area contributed by atoms with Crippen LogP contribution in [0.5, 0.6) is 0 Å². The molecule has 0 atom stereocenters. The Balaban J connectivity index is 2.65. The van der Waals surface area contributed by atoms with E-state index in [4.69, 9.17) is 22.1 Å².